The Morgan fingerprint density at radius 3 is 1.75 bits per heavy atom. The third-order valence-electron chi connectivity index (χ3n) is 12.1. The first-order valence-corrected chi connectivity index (χ1v) is 18.8. The van der Waals surface area contributed by atoms with Crippen LogP contribution >= 0.6 is 0 Å². The van der Waals surface area contributed by atoms with Crippen molar-refractivity contribution in [3.05, 3.63) is 198 Å². The van der Waals surface area contributed by atoms with Gasteiger partial charge < -0.3 is 4.90 Å². The maximum Gasteiger partial charge on any atom is 0.0465 e. The molecule has 8 aromatic carbocycles. The zero-order valence-electron chi connectivity index (χ0n) is 30.7. The van der Waals surface area contributed by atoms with Gasteiger partial charge in [0.25, 0.3) is 0 Å². The van der Waals surface area contributed by atoms with E-state index < -0.39 is 0 Å². The Morgan fingerprint density at radius 1 is 0.340 bits per heavy atom. The molecule has 0 amide bonds. The van der Waals surface area contributed by atoms with Crippen molar-refractivity contribution in [2.24, 2.45) is 0 Å². The van der Waals surface area contributed by atoms with Gasteiger partial charge in [0.2, 0.25) is 0 Å². The van der Waals surface area contributed by atoms with Gasteiger partial charge in [-0.3, -0.25) is 0 Å². The quantitative estimate of drug-likeness (QED) is 0.175. The minimum atomic E-state index is -0.0681. The van der Waals surface area contributed by atoms with Gasteiger partial charge in [-0.25, -0.2) is 0 Å². The van der Waals surface area contributed by atoms with Crippen LogP contribution < -0.4 is 4.90 Å². The molecule has 53 heavy (non-hydrogen) atoms. The van der Waals surface area contributed by atoms with Crippen molar-refractivity contribution in [3.8, 4) is 44.5 Å². The van der Waals surface area contributed by atoms with Gasteiger partial charge in [0, 0.05) is 27.9 Å². The fourth-order valence-corrected chi connectivity index (χ4v) is 9.22. The number of para-hydroxylation sites is 1. The largest absolute Gasteiger partial charge is 0.310 e. The van der Waals surface area contributed by atoms with Gasteiger partial charge in [-0.05, 0) is 126 Å². The second-order valence-electron chi connectivity index (χ2n) is 15.8. The van der Waals surface area contributed by atoms with E-state index in [4.69, 9.17) is 0 Å². The van der Waals surface area contributed by atoms with Crippen LogP contribution in [0.3, 0.4) is 0 Å². The molecule has 1 nitrogen and oxygen atoms in total. The van der Waals surface area contributed by atoms with E-state index in [1.165, 1.54) is 83.2 Å². The molecule has 0 N–H and O–H groups in total. The molecule has 0 heterocycles. The second kappa shape index (κ2) is 11.7. The smallest absolute Gasteiger partial charge is 0.0465 e. The molecule has 0 bridgehead atoms. The number of rotatable bonds is 5. The monoisotopic (exact) mass is 679 g/mol. The van der Waals surface area contributed by atoms with Crippen LogP contribution in [0.5, 0.6) is 0 Å². The molecule has 2 aliphatic rings. The van der Waals surface area contributed by atoms with Crippen molar-refractivity contribution in [3.63, 3.8) is 0 Å². The summed E-state index contributed by atoms with van der Waals surface area (Å²) >= 11 is 0. The highest BCUT2D eigenvalue weighted by atomic mass is 15.1. The van der Waals surface area contributed by atoms with E-state index in [0.29, 0.717) is 0 Å². The Hall–Kier alpha value is -6.18. The lowest BCUT2D eigenvalue weighted by Crippen LogP contribution is -2.16. The molecule has 0 fully saturated rings. The molecular weight excluding hydrogens is 639 g/mol. The maximum atomic E-state index is 2.43. The molecule has 254 valence electrons. The standard InChI is InChI=1S/C52H41N/c1-51(2)46-20-11-10-19-43(46)44-29-27-41(33-49(44)51)53(39-16-6-5-7-17-39)40-25-21-34(22-26-40)36-14-12-15-37(31-36)38-23-28-45-48(32-38)52(3,4)47-30-24-35-13-8-9-18-42(35)50(45)47/h5-33H,1-4H3. The molecule has 0 saturated carbocycles. The van der Waals surface area contributed by atoms with Crippen molar-refractivity contribution >= 4 is 27.8 Å². The third kappa shape index (κ3) is 4.84. The van der Waals surface area contributed by atoms with Crippen LogP contribution in [-0.2, 0) is 10.8 Å². The minimum absolute atomic E-state index is 0.0634. The third-order valence-corrected chi connectivity index (χ3v) is 12.1. The second-order valence-corrected chi connectivity index (χ2v) is 15.8. The van der Waals surface area contributed by atoms with Crippen LogP contribution in [0.2, 0.25) is 0 Å². The minimum Gasteiger partial charge on any atom is -0.310 e. The topological polar surface area (TPSA) is 3.24 Å². The van der Waals surface area contributed by atoms with Gasteiger partial charge in [-0.2, -0.15) is 0 Å². The summed E-state index contributed by atoms with van der Waals surface area (Å²) in [5, 5.41) is 2.64. The van der Waals surface area contributed by atoms with Crippen molar-refractivity contribution in [2.75, 3.05) is 4.90 Å². The molecule has 2 aliphatic carbocycles. The number of fused-ring (bicyclic) bond motifs is 8. The van der Waals surface area contributed by atoms with Crippen LogP contribution in [-0.4, -0.2) is 0 Å². The molecule has 0 radical (unpaired) electrons. The molecule has 0 aliphatic heterocycles. The van der Waals surface area contributed by atoms with Crippen LogP contribution in [0.25, 0.3) is 55.3 Å². The van der Waals surface area contributed by atoms with Crippen molar-refractivity contribution in [1.82, 2.24) is 0 Å². The van der Waals surface area contributed by atoms with Crippen LogP contribution in [0.15, 0.2) is 176 Å². The zero-order chi connectivity index (χ0) is 35.9. The first kappa shape index (κ1) is 31.5. The van der Waals surface area contributed by atoms with Gasteiger partial charge in [-0.1, -0.05) is 155 Å². The number of hydrogen-bond donors (Lipinski definition) is 0. The summed E-state index contributed by atoms with van der Waals surface area (Å²) in [7, 11) is 0. The van der Waals surface area contributed by atoms with Gasteiger partial charge >= 0.3 is 0 Å². The van der Waals surface area contributed by atoms with E-state index in [1.54, 1.807) is 0 Å². The molecule has 0 unspecified atom stereocenters. The summed E-state index contributed by atoms with van der Waals surface area (Å²) in [6.07, 6.45) is 0. The highest BCUT2D eigenvalue weighted by molar-refractivity contribution is 6.03. The van der Waals surface area contributed by atoms with E-state index in [1.807, 2.05) is 0 Å². The molecule has 0 spiro atoms. The lowest BCUT2D eigenvalue weighted by atomic mass is 9.81. The van der Waals surface area contributed by atoms with E-state index >= 15 is 0 Å². The Bertz CT molecular complexity index is 2710. The number of nitrogens with zero attached hydrogens (tertiary/aromatic N) is 1. The lowest BCUT2D eigenvalue weighted by Gasteiger charge is -2.28. The Balaban J connectivity index is 0.999. The predicted octanol–water partition coefficient (Wildman–Crippen LogP) is 14.3. The summed E-state index contributed by atoms with van der Waals surface area (Å²) in [6, 6.07) is 65.1. The summed E-state index contributed by atoms with van der Waals surface area (Å²) in [5.41, 5.74) is 19.2. The molecule has 0 aromatic heterocycles. The predicted molar refractivity (Wildman–Crippen MR) is 225 cm³/mol. The van der Waals surface area contributed by atoms with E-state index in [9.17, 15) is 0 Å². The molecule has 10 rings (SSSR count). The highest BCUT2D eigenvalue weighted by Gasteiger charge is 2.37. The van der Waals surface area contributed by atoms with Crippen LogP contribution in [0, 0.1) is 0 Å². The number of hydrogen-bond acceptors (Lipinski definition) is 1. The van der Waals surface area contributed by atoms with Crippen LogP contribution in [0.4, 0.5) is 17.1 Å². The van der Waals surface area contributed by atoms with Gasteiger partial charge in [0.15, 0.2) is 0 Å². The normalized spacial score (nSPS) is 14.3. The Labute approximate surface area is 312 Å². The van der Waals surface area contributed by atoms with E-state index in [-0.39, 0.29) is 10.8 Å². The van der Waals surface area contributed by atoms with E-state index in [0.717, 1.165) is 11.4 Å². The van der Waals surface area contributed by atoms with Gasteiger partial charge in [0.05, 0.1) is 0 Å². The SMILES string of the molecule is CC1(C)c2ccccc2-c2ccc(N(c3ccccc3)c3ccc(-c4cccc(-c5ccc6c(c5)C(C)(C)c5ccc7ccccc7c5-6)c4)cc3)cc21. The first-order chi connectivity index (χ1) is 25.8. The molecular formula is C52H41N. The number of benzene rings is 8. The van der Waals surface area contributed by atoms with Crippen LogP contribution in [0.1, 0.15) is 49.9 Å². The van der Waals surface area contributed by atoms with Crippen molar-refractivity contribution < 1.29 is 0 Å². The highest BCUT2D eigenvalue weighted by Crippen LogP contribution is 2.53. The molecule has 0 saturated heterocycles. The van der Waals surface area contributed by atoms with Crippen molar-refractivity contribution in [1.29, 1.82) is 0 Å². The zero-order valence-corrected chi connectivity index (χ0v) is 30.7. The molecule has 1 heteroatoms. The average molecular weight is 680 g/mol. The van der Waals surface area contributed by atoms with E-state index in [2.05, 4.69) is 209 Å². The fourth-order valence-electron chi connectivity index (χ4n) is 9.22. The molecule has 8 aromatic rings. The fraction of sp³-hybridized carbons (Fsp3) is 0.115. The lowest BCUT2D eigenvalue weighted by molar-refractivity contribution is 0.660. The van der Waals surface area contributed by atoms with Crippen molar-refractivity contribution in [2.45, 2.75) is 38.5 Å². The van der Waals surface area contributed by atoms with Gasteiger partial charge in [-0.15, -0.1) is 0 Å². The summed E-state index contributed by atoms with van der Waals surface area (Å²) in [5.74, 6) is 0. The Morgan fingerprint density at radius 2 is 0.925 bits per heavy atom. The molecule has 0 atom stereocenters. The maximum absolute atomic E-state index is 2.43. The summed E-state index contributed by atoms with van der Waals surface area (Å²) < 4.78 is 0. The number of anilines is 3. The first-order valence-electron chi connectivity index (χ1n) is 18.8. The van der Waals surface area contributed by atoms with Gasteiger partial charge in [0.1, 0.15) is 0 Å². The summed E-state index contributed by atoms with van der Waals surface area (Å²) in [6.45, 7) is 9.44. The summed E-state index contributed by atoms with van der Waals surface area (Å²) in [4.78, 5) is 2.38. The average Bonchev–Trinajstić information content (AvgIpc) is 3.58. The Kier molecular flexibility index (Phi) is 6.94.